The van der Waals surface area contributed by atoms with Gasteiger partial charge in [0.05, 0.1) is 18.7 Å². The third-order valence-corrected chi connectivity index (χ3v) is 5.09. The van der Waals surface area contributed by atoms with Gasteiger partial charge in [-0.3, -0.25) is 4.79 Å². The Morgan fingerprint density at radius 1 is 1.45 bits per heavy atom. The molecule has 1 unspecified atom stereocenters. The number of aryl methyl sites for hydroxylation is 1. The number of nitrogens with two attached hydrogens (primary N) is 1. The van der Waals surface area contributed by atoms with E-state index in [2.05, 4.69) is 4.74 Å². The van der Waals surface area contributed by atoms with E-state index in [9.17, 15) is 13.2 Å². The molecular formula is C13H20N2O4S. The molecule has 2 N–H and O–H groups in total. The van der Waals surface area contributed by atoms with Crippen LogP contribution in [0.15, 0.2) is 23.1 Å². The van der Waals surface area contributed by atoms with Gasteiger partial charge >= 0.3 is 5.97 Å². The van der Waals surface area contributed by atoms with Crippen LogP contribution in [-0.4, -0.2) is 39.4 Å². The van der Waals surface area contributed by atoms with Crippen molar-refractivity contribution in [3.05, 3.63) is 23.8 Å². The van der Waals surface area contributed by atoms with Crippen molar-refractivity contribution in [2.45, 2.75) is 18.7 Å². The van der Waals surface area contributed by atoms with Gasteiger partial charge in [0.15, 0.2) is 0 Å². The maximum atomic E-state index is 12.5. The third kappa shape index (κ3) is 3.29. The van der Waals surface area contributed by atoms with Crippen molar-refractivity contribution in [2.75, 3.05) is 26.4 Å². The van der Waals surface area contributed by atoms with Gasteiger partial charge in [0.1, 0.15) is 4.90 Å². The molecule has 0 fully saturated rings. The Kier molecular flexibility index (Phi) is 5.13. The second-order valence-corrected chi connectivity index (χ2v) is 6.68. The van der Waals surface area contributed by atoms with E-state index in [0.29, 0.717) is 5.56 Å². The number of methoxy groups -OCH3 is 1. The predicted molar refractivity (Wildman–Crippen MR) is 76.6 cm³/mol. The lowest BCUT2D eigenvalue weighted by molar-refractivity contribution is -0.144. The van der Waals surface area contributed by atoms with Crippen molar-refractivity contribution >= 4 is 21.7 Å². The number of nitrogens with zero attached hydrogens (tertiary/aromatic N) is 1. The van der Waals surface area contributed by atoms with Crippen LogP contribution in [0.5, 0.6) is 0 Å². The summed E-state index contributed by atoms with van der Waals surface area (Å²) in [7, 11) is -1.05. The summed E-state index contributed by atoms with van der Waals surface area (Å²) in [5.74, 6) is -1.00. The number of anilines is 1. The minimum atomic E-state index is -3.74. The van der Waals surface area contributed by atoms with Gasteiger partial charge in [0.2, 0.25) is 10.0 Å². The fourth-order valence-corrected chi connectivity index (χ4v) is 3.52. The Morgan fingerprint density at radius 2 is 2.05 bits per heavy atom. The van der Waals surface area contributed by atoms with Crippen LogP contribution in [0.1, 0.15) is 12.5 Å². The molecule has 20 heavy (non-hydrogen) atoms. The summed E-state index contributed by atoms with van der Waals surface area (Å²) in [5.41, 5.74) is 6.53. The highest BCUT2D eigenvalue weighted by atomic mass is 32.2. The molecule has 7 heteroatoms. The monoisotopic (exact) mass is 300 g/mol. The summed E-state index contributed by atoms with van der Waals surface area (Å²) in [6.07, 6.45) is 0. The van der Waals surface area contributed by atoms with Gasteiger partial charge < -0.3 is 10.5 Å². The highest BCUT2D eigenvalue weighted by molar-refractivity contribution is 7.89. The molecule has 0 saturated carbocycles. The fourth-order valence-electron chi connectivity index (χ4n) is 1.94. The molecule has 1 rings (SSSR count). The van der Waals surface area contributed by atoms with Crippen LogP contribution in [-0.2, 0) is 19.6 Å². The number of hydrogen-bond acceptors (Lipinski definition) is 5. The van der Waals surface area contributed by atoms with Crippen LogP contribution in [0.2, 0.25) is 0 Å². The number of rotatable bonds is 5. The van der Waals surface area contributed by atoms with Crippen molar-refractivity contribution in [1.82, 2.24) is 4.31 Å². The summed E-state index contributed by atoms with van der Waals surface area (Å²) >= 11 is 0. The second-order valence-electron chi connectivity index (χ2n) is 4.70. The Labute approximate surface area is 119 Å². The fraction of sp³-hybridized carbons (Fsp3) is 0.462. The molecule has 1 atom stereocenters. The summed E-state index contributed by atoms with van der Waals surface area (Å²) < 4.78 is 30.7. The first-order valence-electron chi connectivity index (χ1n) is 6.11. The van der Waals surface area contributed by atoms with Gasteiger partial charge in [-0.2, -0.15) is 4.31 Å². The minimum Gasteiger partial charge on any atom is -0.469 e. The van der Waals surface area contributed by atoms with Crippen molar-refractivity contribution in [2.24, 2.45) is 5.92 Å². The van der Waals surface area contributed by atoms with Crippen molar-refractivity contribution in [3.8, 4) is 0 Å². The van der Waals surface area contributed by atoms with Gasteiger partial charge in [-0.25, -0.2) is 8.42 Å². The van der Waals surface area contributed by atoms with Crippen molar-refractivity contribution < 1.29 is 17.9 Å². The third-order valence-electron chi connectivity index (χ3n) is 3.05. The average Bonchev–Trinajstić information content (AvgIpc) is 2.36. The first kappa shape index (κ1) is 16.5. The first-order chi connectivity index (χ1) is 9.21. The summed E-state index contributed by atoms with van der Waals surface area (Å²) in [5, 5.41) is 0. The molecule has 0 spiro atoms. The number of sulfonamides is 1. The highest BCUT2D eigenvalue weighted by Gasteiger charge is 2.28. The summed E-state index contributed by atoms with van der Waals surface area (Å²) in [4.78, 5) is 11.5. The van der Waals surface area contributed by atoms with Crippen LogP contribution in [0.3, 0.4) is 0 Å². The molecule has 0 aliphatic carbocycles. The van der Waals surface area contributed by atoms with E-state index in [0.717, 1.165) is 4.31 Å². The van der Waals surface area contributed by atoms with E-state index in [1.54, 1.807) is 26.0 Å². The highest BCUT2D eigenvalue weighted by Crippen LogP contribution is 2.25. The number of benzene rings is 1. The number of carbonyl (C=O) groups is 1. The van der Waals surface area contributed by atoms with Gasteiger partial charge in [0, 0.05) is 13.6 Å². The number of hydrogen-bond donors (Lipinski definition) is 1. The average molecular weight is 300 g/mol. The molecule has 6 nitrogen and oxygen atoms in total. The molecule has 1 aromatic rings. The molecule has 0 aromatic heterocycles. The zero-order valence-corrected chi connectivity index (χ0v) is 12.9. The van der Waals surface area contributed by atoms with Crippen LogP contribution < -0.4 is 5.73 Å². The lowest BCUT2D eigenvalue weighted by Gasteiger charge is -2.21. The predicted octanol–water partition coefficient (Wildman–Crippen LogP) is 1.01. The first-order valence-corrected chi connectivity index (χ1v) is 7.55. The van der Waals surface area contributed by atoms with E-state index in [1.807, 2.05) is 0 Å². The molecule has 0 saturated heterocycles. The van der Waals surface area contributed by atoms with E-state index in [1.165, 1.54) is 20.2 Å². The van der Waals surface area contributed by atoms with E-state index >= 15 is 0 Å². The van der Waals surface area contributed by atoms with Gasteiger partial charge in [-0.05, 0) is 18.6 Å². The lowest BCUT2D eigenvalue weighted by atomic mass is 10.2. The Morgan fingerprint density at radius 3 is 2.55 bits per heavy atom. The zero-order valence-electron chi connectivity index (χ0n) is 12.1. The van der Waals surface area contributed by atoms with E-state index in [4.69, 9.17) is 5.73 Å². The maximum Gasteiger partial charge on any atom is 0.309 e. The van der Waals surface area contributed by atoms with Crippen molar-refractivity contribution in [1.29, 1.82) is 0 Å². The topological polar surface area (TPSA) is 89.7 Å². The quantitative estimate of drug-likeness (QED) is 0.647. The second kappa shape index (κ2) is 6.23. The SMILES string of the molecule is COC(=O)C(C)CN(C)S(=O)(=O)c1c(C)cccc1N. The number of carbonyl (C=O) groups excluding carboxylic acids is 1. The van der Waals surface area contributed by atoms with Gasteiger partial charge in [0.25, 0.3) is 0 Å². The molecule has 0 amide bonds. The van der Waals surface area contributed by atoms with Gasteiger partial charge in [-0.1, -0.05) is 19.1 Å². The molecule has 0 bridgehead atoms. The van der Waals surface area contributed by atoms with Crippen LogP contribution in [0, 0.1) is 12.8 Å². The smallest absolute Gasteiger partial charge is 0.309 e. The molecule has 1 aromatic carbocycles. The number of ether oxygens (including phenoxy) is 1. The summed E-state index contributed by atoms with van der Waals surface area (Å²) in [6, 6.07) is 4.92. The Bertz CT molecular complexity index is 578. The van der Waals surface area contributed by atoms with Crippen LogP contribution >= 0.6 is 0 Å². The molecule has 112 valence electrons. The number of esters is 1. The van der Waals surface area contributed by atoms with E-state index < -0.39 is 21.9 Å². The molecule has 0 aliphatic heterocycles. The molecule has 0 radical (unpaired) electrons. The van der Waals surface area contributed by atoms with E-state index in [-0.39, 0.29) is 17.1 Å². The summed E-state index contributed by atoms with van der Waals surface area (Å²) in [6.45, 7) is 3.32. The Balaban J connectivity index is 3.08. The zero-order chi connectivity index (χ0) is 15.5. The lowest BCUT2D eigenvalue weighted by Crippen LogP contribution is -2.34. The largest absolute Gasteiger partial charge is 0.469 e. The maximum absolute atomic E-state index is 12.5. The normalized spacial score (nSPS) is 13.2. The van der Waals surface area contributed by atoms with Gasteiger partial charge in [-0.15, -0.1) is 0 Å². The molecule has 0 heterocycles. The van der Waals surface area contributed by atoms with Crippen molar-refractivity contribution in [3.63, 3.8) is 0 Å². The van der Waals surface area contributed by atoms with Crippen LogP contribution in [0.25, 0.3) is 0 Å². The standard InChI is InChI=1S/C13H20N2O4S/c1-9-6-5-7-11(14)12(9)20(17,18)15(3)8-10(2)13(16)19-4/h5-7,10H,8,14H2,1-4H3. The number of nitrogen functional groups attached to an aromatic ring is 1. The Hall–Kier alpha value is -1.60. The molecular weight excluding hydrogens is 280 g/mol. The molecule has 0 aliphatic rings. The minimum absolute atomic E-state index is 0.0305. The van der Waals surface area contributed by atoms with Crippen LogP contribution in [0.4, 0.5) is 5.69 Å².